The molecule has 0 unspecified atom stereocenters. The van der Waals surface area contributed by atoms with Crippen LogP contribution < -0.4 is 5.43 Å². The highest BCUT2D eigenvalue weighted by Crippen LogP contribution is 2.46. The van der Waals surface area contributed by atoms with E-state index in [1.54, 1.807) is 67.3 Å². The third-order valence-corrected chi connectivity index (χ3v) is 8.00. The van der Waals surface area contributed by atoms with Gasteiger partial charge in [0.05, 0.1) is 0 Å². The van der Waals surface area contributed by atoms with Gasteiger partial charge in [0, 0.05) is 81.3 Å². The first-order valence-electron chi connectivity index (χ1n) is 12.8. The van der Waals surface area contributed by atoms with E-state index in [2.05, 4.69) is 9.97 Å². The molecule has 0 saturated carbocycles. The smallest absolute Gasteiger partial charge is 0.295 e. The maximum absolute atomic E-state index is 13.2. The molecular formula is C32H24N2O6S. The summed E-state index contributed by atoms with van der Waals surface area (Å²) >= 11 is 0. The Labute approximate surface area is 235 Å². The van der Waals surface area contributed by atoms with Crippen LogP contribution in [-0.4, -0.2) is 28.0 Å². The predicted molar refractivity (Wildman–Crippen MR) is 157 cm³/mol. The van der Waals surface area contributed by atoms with Crippen molar-refractivity contribution in [2.45, 2.75) is 24.7 Å². The molecule has 0 saturated heterocycles. The second kappa shape index (κ2) is 9.96. The summed E-state index contributed by atoms with van der Waals surface area (Å²) in [5.41, 5.74) is 3.72. The van der Waals surface area contributed by atoms with Crippen molar-refractivity contribution in [3.63, 3.8) is 0 Å². The summed E-state index contributed by atoms with van der Waals surface area (Å²) in [4.78, 5) is 21.2. The van der Waals surface area contributed by atoms with Crippen molar-refractivity contribution in [1.29, 1.82) is 0 Å². The molecule has 1 aliphatic carbocycles. The lowest BCUT2D eigenvalue weighted by Gasteiger charge is -2.20. The van der Waals surface area contributed by atoms with E-state index in [1.807, 2.05) is 19.9 Å². The number of pyridine rings is 2. The molecule has 2 aromatic heterocycles. The third kappa shape index (κ3) is 4.75. The minimum atomic E-state index is -4.68. The highest BCUT2D eigenvalue weighted by Gasteiger charge is 2.26. The van der Waals surface area contributed by atoms with Crippen LogP contribution in [0.15, 0.2) is 106 Å². The Morgan fingerprint density at radius 2 is 1.49 bits per heavy atom. The number of phenolic OH excluding ortho intramolecular Hbond substituents is 1. The molecule has 41 heavy (non-hydrogen) atoms. The number of fused-ring (bicyclic) bond motifs is 2. The number of hydrogen-bond acceptors (Lipinski definition) is 7. The van der Waals surface area contributed by atoms with Crippen molar-refractivity contribution in [3.8, 4) is 50.5 Å². The number of phenols is 1. The Morgan fingerprint density at radius 1 is 0.805 bits per heavy atom. The van der Waals surface area contributed by atoms with Gasteiger partial charge in [-0.1, -0.05) is 38.1 Å². The molecule has 2 N–H and O–H groups in total. The van der Waals surface area contributed by atoms with E-state index >= 15 is 0 Å². The van der Waals surface area contributed by atoms with Crippen molar-refractivity contribution in [1.82, 2.24) is 9.97 Å². The second-order valence-electron chi connectivity index (χ2n) is 10.1. The minimum Gasteiger partial charge on any atom is -0.507 e. The Morgan fingerprint density at radius 3 is 2.10 bits per heavy atom. The summed E-state index contributed by atoms with van der Waals surface area (Å²) in [5.74, 6) is 0.102. The van der Waals surface area contributed by atoms with Crippen LogP contribution in [0.25, 0.3) is 55.7 Å². The molecule has 204 valence electrons. The van der Waals surface area contributed by atoms with Crippen molar-refractivity contribution >= 4 is 21.1 Å². The number of aromatic hydroxyl groups is 1. The lowest BCUT2D eigenvalue weighted by atomic mass is 9.89. The van der Waals surface area contributed by atoms with Crippen LogP contribution >= 0.6 is 0 Å². The summed E-state index contributed by atoms with van der Waals surface area (Å²) in [6.07, 6.45) is 6.39. The van der Waals surface area contributed by atoms with Crippen LogP contribution in [0.3, 0.4) is 0 Å². The zero-order valence-electron chi connectivity index (χ0n) is 22.1. The van der Waals surface area contributed by atoms with Gasteiger partial charge in [0.2, 0.25) is 0 Å². The van der Waals surface area contributed by atoms with E-state index in [1.165, 1.54) is 18.2 Å². The Kier molecular flexibility index (Phi) is 6.40. The monoisotopic (exact) mass is 564 g/mol. The molecule has 1 aliphatic heterocycles. The average molecular weight is 565 g/mol. The van der Waals surface area contributed by atoms with Gasteiger partial charge in [0.25, 0.3) is 10.1 Å². The number of hydrogen-bond donors (Lipinski definition) is 2. The Hall–Kier alpha value is -4.86. The molecule has 0 amide bonds. The second-order valence-corrected chi connectivity index (χ2v) is 11.4. The van der Waals surface area contributed by atoms with Crippen LogP contribution in [0.2, 0.25) is 0 Å². The molecule has 2 aromatic carbocycles. The summed E-state index contributed by atoms with van der Waals surface area (Å²) in [5, 5.41) is 11.4. The minimum absolute atomic E-state index is 0.00172. The maximum atomic E-state index is 13.2. The van der Waals surface area contributed by atoms with Crippen LogP contribution in [0, 0.1) is 0 Å². The standard InChI is InChI=1S/C32H24N2O6S/c1-18(2)19-7-8-22(31(11-19)41(37,38)39)32-25-12-23(20-5-3-9-33-16-20)27(35)14-29(25)40-30-15-28(36)24(13-26(30)32)21-6-4-10-34-17-21/h3-18,35H,1-2H3,(H,37,38,39). The SMILES string of the molecule is CC(C)c1ccc(-c2c3cc(-c4cccnc4)c(=O)cc-3oc3cc(O)c(-c4cccnc4)cc23)c(S(=O)(=O)O)c1. The predicted octanol–water partition coefficient (Wildman–Crippen LogP) is 6.76. The normalized spacial score (nSPS) is 11.9. The van der Waals surface area contributed by atoms with Gasteiger partial charge in [-0.25, -0.2) is 0 Å². The lowest BCUT2D eigenvalue weighted by Crippen LogP contribution is -2.07. The first kappa shape index (κ1) is 26.4. The summed E-state index contributed by atoms with van der Waals surface area (Å²) in [6, 6.07) is 18.0. The zero-order valence-corrected chi connectivity index (χ0v) is 22.9. The Bertz CT molecular complexity index is 2070. The largest absolute Gasteiger partial charge is 0.507 e. The van der Waals surface area contributed by atoms with Gasteiger partial charge in [0.1, 0.15) is 22.0 Å². The molecule has 2 aliphatic rings. The van der Waals surface area contributed by atoms with E-state index in [9.17, 15) is 22.9 Å². The van der Waals surface area contributed by atoms with Gasteiger partial charge in [-0.2, -0.15) is 8.42 Å². The summed E-state index contributed by atoms with van der Waals surface area (Å²) < 4.78 is 42.1. The van der Waals surface area contributed by atoms with Gasteiger partial charge in [0.15, 0.2) is 5.43 Å². The van der Waals surface area contributed by atoms with E-state index < -0.39 is 10.1 Å². The fourth-order valence-electron chi connectivity index (χ4n) is 5.06. The molecule has 6 rings (SSSR count). The molecule has 4 aromatic rings. The van der Waals surface area contributed by atoms with E-state index in [0.29, 0.717) is 38.8 Å². The first-order valence-corrected chi connectivity index (χ1v) is 14.3. The topological polar surface area (TPSA) is 131 Å². The van der Waals surface area contributed by atoms with Crippen molar-refractivity contribution in [2.75, 3.05) is 0 Å². The van der Waals surface area contributed by atoms with Crippen LogP contribution in [0.4, 0.5) is 0 Å². The number of rotatable bonds is 5. The lowest BCUT2D eigenvalue weighted by molar-refractivity contribution is 0.476. The highest BCUT2D eigenvalue weighted by molar-refractivity contribution is 7.86. The van der Waals surface area contributed by atoms with Crippen LogP contribution in [0.5, 0.6) is 5.75 Å². The molecule has 3 heterocycles. The molecule has 8 nitrogen and oxygen atoms in total. The van der Waals surface area contributed by atoms with Crippen molar-refractivity contribution < 1.29 is 22.5 Å². The zero-order chi connectivity index (χ0) is 28.9. The van der Waals surface area contributed by atoms with Crippen molar-refractivity contribution in [3.05, 3.63) is 107 Å². The molecular weight excluding hydrogens is 540 g/mol. The van der Waals surface area contributed by atoms with Gasteiger partial charge >= 0.3 is 0 Å². The molecule has 0 radical (unpaired) electrons. The average Bonchev–Trinajstić information content (AvgIpc) is 2.95. The van der Waals surface area contributed by atoms with Gasteiger partial charge < -0.3 is 9.52 Å². The molecule has 9 heteroatoms. The van der Waals surface area contributed by atoms with E-state index in [0.717, 1.165) is 5.56 Å². The molecule has 0 bridgehead atoms. The number of aromatic nitrogens is 2. The van der Waals surface area contributed by atoms with Gasteiger partial charge in [-0.3, -0.25) is 19.3 Å². The highest BCUT2D eigenvalue weighted by atomic mass is 32.2. The maximum Gasteiger partial charge on any atom is 0.295 e. The first-order chi connectivity index (χ1) is 19.6. The summed E-state index contributed by atoms with van der Waals surface area (Å²) in [7, 11) is -4.68. The fourth-order valence-corrected chi connectivity index (χ4v) is 5.80. The molecule has 0 atom stereocenters. The fraction of sp³-hybridized carbons (Fsp3) is 0.0938. The van der Waals surface area contributed by atoms with E-state index in [-0.39, 0.29) is 38.9 Å². The number of benzene rings is 3. The molecule has 0 fully saturated rings. The third-order valence-electron chi connectivity index (χ3n) is 7.10. The summed E-state index contributed by atoms with van der Waals surface area (Å²) in [6.45, 7) is 3.85. The number of nitrogens with zero attached hydrogens (tertiary/aromatic N) is 2. The quantitative estimate of drug-likeness (QED) is 0.173. The van der Waals surface area contributed by atoms with Crippen LogP contribution in [0.1, 0.15) is 25.3 Å². The van der Waals surface area contributed by atoms with Crippen LogP contribution in [-0.2, 0) is 10.1 Å². The Balaban J connectivity index is 1.80. The van der Waals surface area contributed by atoms with Gasteiger partial charge in [-0.05, 0) is 41.8 Å². The van der Waals surface area contributed by atoms with E-state index in [4.69, 9.17) is 4.42 Å². The molecule has 0 spiro atoms. The van der Waals surface area contributed by atoms with Gasteiger partial charge in [-0.15, -0.1) is 0 Å². The van der Waals surface area contributed by atoms with Crippen molar-refractivity contribution in [2.24, 2.45) is 0 Å².